The predicted molar refractivity (Wildman–Crippen MR) is 90.0 cm³/mol. The fraction of sp³-hybridized carbons (Fsp3) is 0.882. The van der Waals surface area contributed by atoms with Crippen LogP contribution in [0.4, 0.5) is 0 Å². The largest absolute Gasteiger partial charge is 0.394 e. The van der Waals surface area contributed by atoms with Crippen LogP contribution < -0.4 is 0 Å². The third-order valence-corrected chi connectivity index (χ3v) is 5.05. The summed E-state index contributed by atoms with van der Waals surface area (Å²) >= 11 is 0. The van der Waals surface area contributed by atoms with Crippen molar-refractivity contribution in [1.29, 1.82) is 0 Å². The molecular weight excluding hydrogens is 264 g/mol. The minimum absolute atomic E-state index is 0.0377. The Balaban J connectivity index is 3.67. The molecule has 0 amide bonds. The third kappa shape index (κ3) is 11.5. The van der Waals surface area contributed by atoms with Crippen LogP contribution in [0, 0.1) is 11.8 Å². The van der Waals surface area contributed by atoms with Crippen LogP contribution in [0.15, 0.2) is 0 Å². The fourth-order valence-electron chi connectivity index (χ4n) is 2.13. The molecule has 0 rings (SSSR count). The number of rotatable bonds is 12. The summed E-state index contributed by atoms with van der Waals surface area (Å²) in [5, 5.41) is 0. The summed E-state index contributed by atoms with van der Waals surface area (Å²) in [6, 6.07) is 0. The van der Waals surface area contributed by atoms with Crippen LogP contribution in [0.5, 0.6) is 0 Å². The van der Waals surface area contributed by atoms with E-state index in [1.54, 1.807) is 0 Å². The maximum absolute atomic E-state index is 6.03. The molecule has 3 heteroatoms. The molecule has 0 N–H and O–H groups in total. The summed E-state index contributed by atoms with van der Waals surface area (Å²) in [5.74, 6) is 6.03. The van der Waals surface area contributed by atoms with E-state index in [0.717, 1.165) is 19.4 Å². The first kappa shape index (κ1) is 19.7. The Morgan fingerprint density at radius 3 is 2.10 bits per heavy atom. The Labute approximate surface area is 127 Å². The lowest BCUT2D eigenvalue weighted by Crippen LogP contribution is -2.38. The van der Waals surface area contributed by atoms with E-state index in [4.69, 9.17) is 8.85 Å². The van der Waals surface area contributed by atoms with Crippen molar-refractivity contribution in [3.8, 4) is 11.8 Å². The second-order valence-corrected chi connectivity index (χ2v) is 9.10. The van der Waals surface area contributed by atoms with Crippen LogP contribution >= 0.6 is 0 Å². The molecule has 20 heavy (non-hydrogen) atoms. The first-order valence-corrected chi connectivity index (χ1v) is 11.1. The van der Waals surface area contributed by atoms with Crippen molar-refractivity contribution in [1.82, 2.24) is 0 Å². The van der Waals surface area contributed by atoms with Crippen LogP contribution in [0.2, 0.25) is 13.1 Å². The molecule has 0 aromatic heterocycles. The molecule has 0 fully saturated rings. The maximum Gasteiger partial charge on any atom is 0.332 e. The van der Waals surface area contributed by atoms with Gasteiger partial charge in [-0.2, -0.15) is 0 Å². The molecule has 118 valence electrons. The summed E-state index contributed by atoms with van der Waals surface area (Å²) in [6.07, 6.45) is 10.2. The Kier molecular flexibility index (Phi) is 12.2. The van der Waals surface area contributed by atoms with Gasteiger partial charge in [-0.1, -0.05) is 58.3 Å². The van der Waals surface area contributed by atoms with Gasteiger partial charge in [0.1, 0.15) is 6.10 Å². The van der Waals surface area contributed by atoms with Crippen LogP contribution in [-0.2, 0) is 8.85 Å². The van der Waals surface area contributed by atoms with Gasteiger partial charge < -0.3 is 8.85 Å². The van der Waals surface area contributed by atoms with Crippen molar-refractivity contribution >= 4 is 8.56 Å². The highest BCUT2D eigenvalue weighted by Gasteiger charge is 2.27. The van der Waals surface area contributed by atoms with Crippen molar-refractivity contribution in [2.75, 3.05) is 6.61 Å². The molecule has 0 aliphatic heterocycles. The quantitative estimate of drug-likeness (QED) is 0.277. The van der Waals surface area contributed by atoms with Crippen molar-refractivity contribution in [3.63, 3.8) is 0 Å². The zero-order valence-electron chi connectivity index (χ0n) is 14.3. The summed E-state index contributed by atoms with van der Waals surface area (Å²) in [7, 11) is -2.01. The molecule has 1 atom stereocenters. The van der Waals surface area contributed by atoms with E-state index >= 15 is 0 Å². The van der Waals surface area contributed by atoms with E-state index in [2.05, 4.69) is 38.8 Å². The van der Waals surface area contributed by atoms with Crippen LogP contribution in [0.3, 0.4) is 0 Å². The molecule has 0 saturated carbocycles. The SMILES string of the molecule is CC#CC(CC)O[Si](C)(C)OCCCCCCCCC. The number of hydrogen-bond donors (Lipinski definition) is 0. The maximum atomic E-state index is 6.03. The minimum atomic E-state index is -2.01. The van der Waals surface area contributed by atoms with Crippen molar-refractivity contribution in [2.24, 2.45) is 0 Å². The molecule has 0 spiro atoms. The zero-order chi connectivity index (χ0) is 15.3. The van der Waals surface area contributed by atoms with Crippen molar-refractivity contribution in [3.05, 3.63) is 0 Å². The average molecular weight is 299 g/mol. The molecular formula is C17H34O2Si. The van der Waals surface area contributed by atoms with Gasteiger partial charge in [0.25, 0.3) is 0 Å². The first-order valence-electron chi connectivity index (χ1n) is 8.29. The lowest BCUT2D eigenvalue weighted by atomic mass is 10.1. The Bertz CT molecular complexity index is 278. The number of hydrogen-bond acceptors (Lipinski definition) is 2. The van der Waals surface area contributed by atoms with Gasteiger partial charge in [0.05, 0.1) is 0 Å². The van der Waals surface area contributed by atoms with Gasteiger partial charge in [-0.3, -0.25) is 0 Å². The highest BCUT2D eigenvalue weighted by Crippen LogP contribution is 2.13. The van der Waals surface area contributed by atoms with Crippen LogP contribution in [-0.4, -0.2) is 21.3 Å². The van der Waals surface area contributed by atoms with Gasteiger partial charge in [0, 0.05) is 6.61 Å². The molecule has 0 heterocycles. The van der Waals surface area contributed by atoms with Crippen molar-refractivity contribution < 1.29 is 8.85 Å². The lowest BCUT2D eigenvalue weighted by molar-refractivity contribution is 0.146. The Hall–Kier alpha value is -0.303. The van der Waals surface area contributed by atoms with Gasteiger partial charge in [-0.15, -0.1) is 5.92 Å². The normalized spacial score (nSPS) is 12.8. The van der Waals surface area contributed by atoms with Gasteiger partial charge >= 0.3 is 8.56 Å². The van der Waals surface area contributed by atoms with Gasteiger partial charge in [-0.05, 0) is 32.9 Å². The molecule has 0 aliphatic carbocycles. The highest BCUT2D eigenvalue weighted by molar-refractivity contribution is 6.64. The summed E-state index contributed by atoms with van der Waals surface area (Å²) in [6.45, 7) is 11.3. The molecule has 2 nitrogen and oxygen atoms in total. The second-order valence-electron chi connectivity index (χ2n) is 5.78. The van der Waals surface area contributed by atoms with E-state index in [1.165, 1.54) is 38.5 Å². The van der Waals surface area contributed by atoms with Crippen molar-refractivity contribution in [2.45, 2.75) is 91.3 Å². The second kappa shape index (κ2) is 12.4. The van der Waals surface area contributed by atoms with E-state index in [1.807, 2.05) is 6.92 Å². The molecule has 0 aromatic rings. The Morgan fingerprint density at radius 2 is 1.55 bits per heavy atom. The molecule has 0 bridgehead atoms. The topological polar surface area (TPSA) is 18.5 Å². The minimum Gasteiger partial charge on any atom is -0.394 e. The average Bonchev–Trinajstić information content (AvgIpc) is 2.41. The van der Waals surface area contributed by atoms with Gasteiger partial charge in [-0.25, -0.2) is 0 Å². The molecule has 0 aliphatic rings. The summed E-state index contributed by atoms with van der Waals surface area (Å²) in [4.78, 5) is 0. The molecule has 0 aromatic carbocycles. The Morgan fingerprint density at radius 1 is 0.950 bits per heavy atom. The third-order valence-electron chi connectivity index (χ3n) is 3.30. The van der Waals surface area contributed by atoms with Gasteiger partial charge in [0.2, 0.25) is 0 Å². The van der Waals surface area contributed by atoms with E-state index in [0.29, 0.717) is 0 Å². The van der Waals surface area contributed by atoms with E-state index < -0.39 is 8.56 Å². The van der Waals surface area contributed by atoms with Gasteiger partial charge in [0.15, 0.2) is 0 Å². The first-order chi connectivity index (χ1) is 9.55. The molecule has 0 radical (unpaired) electrons. The zero-order valence-corrected chi connectivity index (χ0v) is 15.3. The highest BCUT2D eigenvalue weighted by atomic mass is 28.4. The standard InChI is InChI=1S/C17H34O2Si/c1-6-9-10-11-12-13-14-16-18-20(4,5)19-17(8-3)15-7-2/h17H,6,8-14,16H2,1-5H3. The monoisotopic (exact) mass is 298 g/mol. The fourth-order valence-corrected chi connectivity index (χ4v) is 3.74. The van der Waals surface area contributed by atoms with E-state index in [-0.39, 0.29) is 6.10 Å². The summed E-state index contributed by atoms with van der Waals surface area (Å²) in [5.41, 5.74) is 0. The smallest absolute Gasteiger partial charge is 0.332 e. The molecule has 1 unspecified atom stereocenters. The van der Waals surface area contributed by atoms with Crippen LogP contribution in [0.25, 0.3) is 0 Å². The number of unbranched alkanes of at least 4 members (excludes halogenated alkanes) is 6. The summed E-state index contributed by atoms with van der Waals surface area (Å²) < 4.78 is 12.0. The lowest BCUT2D eigenvalue weighted by Gasteiger charge is -2.26. The predicted octanol–water partition coefficient (Wildman–Crippen LogP) is 5.27. The van der Waals surface area contributed by atoms with E-state index in [9.17, 15) is 0 Å². The molecule has 0 saturated heterocycles. The van der Waals surface area contributed by atoms with Crippen LogP contribution in [0.1, 0.15) is 72.1 Å².